The van der Waals surface area contributed by atoms with Crippen LogP contribution >= 0.6 is 0 Å². The molecule has 0 spiro atoms. The smallest absolute Gasteiger partial charge is 0.337 e. The van der Waals surface area contributed by atoms with Crippen LogP contribution in [0.2, 0.25) is 16.6 Å². The summed E-state index contributed by atoms with van der Waals surface area (Å²) < 4.78 is 16.4. The molecule has 0 saturated carbocycles. The molecule has 2 atom stereocenters. The van der Waals surface area contributed by atoms with Gasteiger partial charge in [0, 0.05) is 0 Å². The Kier molecular flexibility index (Phi) is 9.46. The minimum atomic E-state index is -1.91. The predicted octanol–water partition coefficient (Wildman–Crippen LogP) is 3.12. The van der Waals surface area contributed by atoms with E-state index in [0.29, 0.717) is 23.2 Å². The first-order valence-corrected chi connectivity index (χ1v) is 10.2. The Hall–Kier alpha value is -0.433. The number of aliphatic hydroxyl groups excluding tert-OH is 1. The van der Waals surface area contributed by atoms with Crippen molar-refractivity contribution in [3.8, 4) is 0 Å². The van der Waals surface area contributed by atoms with Gasteiger partial charge in [0.25, 0.3) is 0 Å². The lowest BCUT2D eigenvalue weighted by molar-refractivity contribution is -0.155. The fourth-order valence-electron chi connectivity index (χ4n) is 3.27. The van der Waals surface area contributed by atoms with Gasteiger partial charge in [0.1, 0.15) is 0 Å². The molecule has 0 aliphatic rings. The van der Waals surface area contributed by atoms with Gasteiger partial charge in [-0.2, -0.15) is 0 Å². The van der Waals surface area contributed by atoms with Crippen molar-refractivity contribution in [2.45, 2.75) is 77.3 Å². The van der Waals surface area contributed by atoms with Gasteiger partial charge < -0.3 is 19.0 Å². The summed E-state index contributed by atoms with van der Waals surface area (Å²) >= 11 is 0. The number of carbonyl (C=O) groups excluding carboxylic acids is 1. The lowest BCUT2D eigenvalue weighted by Crippen LogP contribution is -2.49. The molecule has 132 valence electrons. The monoisotopic (exact) mass is 334 g/mol. The van der Waals surface area contributed by atoms with Crippen LogP contribution in [0.15, 0.2) is 0 Å². The lowest BCUT2D eigenvalue weighted by Gasteiger charge is -2.42. The first kappa shape index (κ1) is 21.6. The van der Waals surface area contributed by atoms with Crippen molar-refractivity contribution in [3.63, 3.8) is 0 Å². The predicted molar refractivity (Wildman–Crippen MR) is 90.4 cm³/mol. The minimum absolute atomic E-state index is 0.0726. The Morgan fingerprint density at radius 2 is 1.41 bits per heavy atom. The molecule has 5 nitrogen and oxygen atoms in total. The van der Waals surface area contributed by atoms with E-state index in [1.54, 1.807) is 0 Å². The van der Waals surface area contributed by atoms with Crippen molar-refractivity contribution in [2.75, 3.05) is 20.3 Å². The van der Waals surface area contributed by atoms with E-state index < -0.39 is 20.4 Å². The SMILES string of the molecule is COC(=O)C(O)CO[C@@H](C)CO[Si](C(C)C)(C(C)C)C(C)C. The summed E-state index contributed by atoms with van der Waals surface area (Å²) in [6, 6.07) is 0. The normalized spacial score (nSPS) is 15.5. The van der Waals surface area contributed by atoms with Gasteiger partial charge in [-0.3, -0.25) is 0 Å². The van der Waals surface area contributed by atoms with Crippen molar-refractivity contribution >= 4 is 14.3 Å². The number of esters is 1. The third-order valence-electron chi connectivity index (χ3n) is 4.29. The Balaban J connectivity index is 4.58. The standard InChI is InChI=1S/C16H34O5Si/c1-11(2)22(12(3)4,13(5)6)21-9-14(7)20-10-15(17)16(18)19-8/h11-15,17H,9-10H2,1-8H3/t14-,15?/m0/s1. The van der Waals surface area contributed by atoms with Gasteiger partial charge >= 0.3 is 5.97 Å². The Bertz CT molecular complexity index is 309. The highest BCUT2D eigenvalue weighted by Crippen LogP contribution is 2.42. The summed E-state index contributed by atoms with van der Waals surface area (Å²) in [5.74, 6) is -0.677. The van der Waals surface area contributed by atoms with E-state index in [9.17, 15) is 9.90 Å². The van der Waals surface area contributed by atoms with E-state index in [1.165, 1.54) is 7.11 Å². The summed E-state index contributed by atoms with van der Waals surface area (Å²) in [4.78, 5) is 11.1. The van der Waals surface area contributed by atoms with Crippen LogP contribution in [0.5, 0.6) is 0 Å². The highest BCUT2D eigenvalue weighted by molar-refractivity contribution is 6.77. The second kappa shape index (κ2) is 9.65. The third kappa shape index (κ3) is 5.65. The summed E-state index contributed by atoms with van der Waals surface area (Å²) in [5.41, 5.74) is 1.54. The van der Waals surface area contributed by atoms with Gasteiger partial charge in [0.2, 0.25) is 0 Å². The number of aliphatic hydroxyl groups is 1. The van der Waals surface area contributed by atoms with Gasteiger partial charge in [-0.15, -0.1) is 0 Å². The molecule has 1 unspecified atom stereocenters. The molecule has 0 aromatic carbocycles. The van der Waals surface area contributed by atoms with E-state index in [0.717, 1.165) is 0 Å². The summed E-state index contributed by atoms with van der Waals surface area (Å²) in [6.45, 7) is 15.7. The first-order valence-electron chi connectivity index (χ1n) is 8.10. The van der Waals surface area contributed by atoms with Crippen LogP contribution < -0.4 is 0 Å². The van der Waals surface area contributed by atoms with E-state index >= 15 is 0 Å². The zero-order valence-electron chi connectivity index (χ0n) is 15.4. The van der Waals surface area contributed by atoms with Crippen LogP contribution in [0.3, 0.4) is 0 Å². The van der Waals surface area contributed by atoms with E-state index in [1.807, 2.05) is 6.92 Å². The molecule has 1 N–H and O–H groups in total. The van der Waals surface area contributed by atoms with Crippen LogP contribution in [0.25, 0.3) is 0 Å². The second-order valence-corrected chi connectivity index (χ2v) is 12.3. The molecule has 0 aliphatic heterocycles. The van der Waals surface area contributed by atoms with Crippen molar-refractivity contribution in [1.29, 1.82) is 0 Å². The average molecular weight is 335 g/mol. The summed E-state index contributed by atoms with van der Waals surface area (Å²) in [5, 5.41) is 9.53. The minimum Gasteiger partial charge on any atom is -0.467 e. The number of ether oxygens (including phenoxy) is 2. The molecule has 0 heterocycles. The van der Waals surface area contributed by atoms with E-state index in [2.05, 4.69) is 46.3 Å². The zero-order valence-corrected chi connectivity index (χ0v) is 16.4. The van der Waals surface area contributed by atoms with E-state index in [4.69, 9.17) is 9.16 Å². The largest absolute Gasteiger partial charge is 0.467 e. The lowest BCUT2D eigenvalue weighted by atomic mass is 10.4. The highest BCUT2D eigenvalue weighted by atomic mass is 28.4. The molecule has 0 bridgehead atoms. The molecule has 6 heteroatoms. The Morgan fingerprint density at radius 1 is 0.955 bits per heavy atom. The van der Waals surface area contributed by atoms with Crippen molar-refractivity contribution in [3.05, 3.63) is 0 Å². The number of carbonyl (C=O) groups is 1. The van der Waals surface area contributed by atoms with Crippen LogP contribution in [0.4, 0.5) is 0 Å². The maximum absolute atomic E-state index is 11.1. The summed E-state index contributed by atoms with van der Waals surface area (Å²) in [7, 11) is -0.667. The van der Waals surface area contributed by atoms with Gasteiger partial charge in [-0.1, -0.05) is 41.5 Å². The van der Waals surface area contributed by atoms with Gasteiger partial charge in [-0.05, 0) is 23.5 Å². The van der Waals surface area contributed by atoms with E-state index in [-0.39, 0.29) is 12.7 Å². The summed E-state index contributed by atoms with van der Waals surface area (Å²) in [6.07, 6.45) is -1.42. The van der Waals surface area contributed by atoms with Gasteiger partial charge in [0.05, 0.1) is 26.4 Å². The molecule has 0 fully saturated rings. The molecule has 0 aromatic heterocycles. The third-order valence-corrected chi connectivity index (χ3v) is 10.4. The molecule has 0 saturated heterocycles. The fraction of sp³-hybridized carbons (Fsp3) is 0.938. The van der Waals surface area contributed by atoms with Crippen LogP contribution in [0.1, 0.15) is 48.5 Å². The number of rotatable bonds is 10. The number of hydrogen-bond donors (Lipinski definition) is 1. The molecule has 0 aliphatic carbocycles. The second-order valence-electron chi connectivity index (χ2n) is 6.81. The van der Waals surface area contributed by atoms with Crippen molar-refractivity contribution in [2.24, 2.45) is 0 Å². The number of hydrogen-bond acceptors (Lipinski definition) is 5. The van der Waals surface area contributed by atoms with Gasteiger partial charge in [-0.25, -0.2) is 4.79 Å². The fourth-order valence-corrected chi connectivity index (χ4v) is 8.79. The molecule has 0 amide bonds. The quantitative estimate of drug-likeness (QED) is 0.491. The topological polar surface area (TPSA) is 65.0 Å². The number of methoxy groups -OCH3 is 1. The maximum atomic E-state index is 11.1. The molecule has 0 radical (unpaired) electrons. The molecule has 0 aromatic rings. The molecule has 0 rings (SSSR count). The first-order chi connectivity index (χ1) is 10.1. The molecular formula is C16H34O5Si. The molecule has 22 heavy (non-hydrogen) atoms. The maximum Gasteiger partial charge on any atom is 0.337 e. The van der Waals surface area contributed by atoms with Crippen molar-refractivity contribution < 1.29 is 23.8 Å². The van der Waals surface area contributed by atoms with Crippen molar-refractivity contribution in [1.82, 2.24) is 0 Å². The Labute approximate surface area is 136 Å². The highest BCUT2D eigenvalue weighted by Gasteiger charge is 2.45. The van der Waals surface area contributed by atoms with Crippen LogP contribution in [-0.4, -0.2) is 51.9 Å². The van der Waals surface area contributed by atoms with Crippen LogP contribution in [-0.2, 0) is 18.7 Å². The zero-order chi connectivity index (χ0) is 17.5. The van der Waals surface area contributed by atoms with Gasteiger partial charge in [0.15, 0.2) is 14.4 Å². The average Bonchev–Trinajstić information content (AvgIpc) is 2.43. The van der Waals surface area contributed by atoms with Crippen LogP contribution in [0, 0.1) is 0 Å². The Morgan fingerprint density at radius 3 is 1.77 bits per heavy atom. The molecular weight excluding hydrogens is 300 g/mol.